The molecule has 1 fully saturated rings. The number of amides is 1. The molecule has 0 aliphatic carbocycles. The lowest BCUT2D eigenvalue weighted by atomic mass is 9.77. The van der Waals surface area contributed by atoms with Gasteiger partial charge >= 0.3 is 0 Å². The number of nitrogens with one attached hydrogen (secondary N) is 2. The number of hydrogen-bond donors (Lipinski definition) is 2. The molecule has 4 nitrogen and oxygen atoms in total. The van der Waals surface area contributed by atoms with Gasteiger partial charge in [-0.1, -0.05) is 27.7 Å². The number of carbonyl (C=O) groups is 1. The SMILES string of the molecule is COCCC(C)(C)CNC(=O)C1NCCCC1(C)C. The topological polar surface area (TPSA) is 50.4 Å². The monoisotopic (exact) mass is 270 g/mol. The van der Waals surface area contributed by atoms with E-state index in [1.807, 2.05) is 0 Å². The van der Waals surface area contributed by atoms with Crippen LogP contribution in [0.3, 0.4) is 0 Å². The van der Waals surface area contributed by atoms with Gasteiger partial charge < -0.3 is 15.4 Å². The minimum atomic E-state index is -0.0699. The normalized spacial score (nSPS) is 23.1. The van der Waals surface area contributed by atoms with Crippen molar-refractivity contribution in [2.24, 2.45) is 10.8 Å². The minimum absolute atomic E-state index is 0.0407. The maximum atomic E-state index is 12.3. The van der Waals surface area contributed by atoms with Crippen LogP contribution < -0.4 is 10.6 Å². The molecule has 1 heterocycles. The van der Waals surface area contributed by atoms with Crippen LogP contribution >= 0.6 is 0 Å². The summed E-state index contributed by atoms with van der Waals surface area (Å²) < 4.78 is 5.11. The molecule has 0 radical (unpaired) electrons. The molecule has 0 bridgehead atoms. The van der Waals surface area contributed by atoms with E-state index in [1.54, 1.807) is 7.11 Å². The highest BCUT2D eigenvalue weighted by Crippen LogP contribution is 2.30. The highest BCUT2D eigenvalue weighted by molar-refractivity contribution is 5.82. The number of hydrogen-bond acceptors (Lipinski definition) is 3. The van der Waals surface area contributed by atoms with Gasteiger partial charge in [0.15, 0.2) is 0 Å². The van der Waals surface area contributed by atoms with Gasteiger partial charge in [-0.25, -0.2) is 0 Å². The molecule has 1 atom stereocenters. The average Bonchev–Trinajstić information content (AvgIpc) is 2.33. The molecule has 0 saturated carbocycles. The fourth-order valence-corrected chi connectivity index (χ4v) is 2.55. The molecule has 2 N–H and O–H groups in total. The molecule has 19 heavy (non-hydrogen) atoms. The first-order valence-electron chi connectivity index (χ1n) is 7.28. The van der Waals surface area contributed by atoms with E-state index >= 15 is 0 Å². The Balaban J connectivity index is 2.46. The molecule has 1 unspecified atom stereocenters. The number of ether oxygens (including phenoxy) is 1. The summed E-state index contributed by atoms with van der Waals surface area (Å²) in [6, 6.07) is -0.0699. The smallest absolute Gasteiger partial charge is 0.237 e. The quantitative estimate of drug-likeness (QED) is 0.775. The van der Waals surface area contributed by atoms with Crippen LogP contribution in [0.1, 0.15) is 47.0 Å². The molecule has 1 aliphatic heterocycles. The van der Waals surface area contributed by atoms with Crippen LogP contribution in [0.5, 0.6) is 0 Å². The van der Waals surface area contributed by atoms with E-state index < -0.39 is 0 Å². The van der Waals surface area contributed by atoms with Crippen LogP contribution in [0.15, 0.2) is 0 Å². The largest absolute Gasteiger partial charge is 0.385 e. The summed E-state index contributed by atoms with van der Waals surface area (Å²) in [5, 5.41) is 6.45. The molecule has 1 saturated heterocycles. The Morgan fingerprint density at radius 2 is 2.16 bits per heavy atom. The fraction of sp³-hybridized carbons (Fsp3) is 0.933. The summed E-state index contributed by atoms with van der Waals surface area (Å²) in [5.41, 5.74) is 0.115. The van der Waals surface area contributed by atoms with E-state index in [0.717, 1.165) is 32.4 Å². The van der Waals surface area contributed by atoms with Gasteiger partial charge in [0.2, 0.25) is 5.91 Å². The van der Waals surface area contributed by atoms with E-state index in [9.17, 15) is 4.79 Å². The van der Waals surface area contributed by atoms with Crippen molar-refractivity contribution in [3.8, 4) is 0 Å². The molecule has 0 spiro atoms. The molecule has 1 aliphatic rings. The van der Waals surface area contributed by atoms with E-state index in [0.29, 0.717) is 6.54 Å². The lowest BCUT2D eigenvalue weighted by Gasteiger charge is -2.38. The van der Waals surface area contributed by atoms with Crippen LogP contribution in [0.2, 0.25) is 0 Å². The van der Waals surface area contributed by atoms with Crippen molar-refractivity contribution >= 4 is 5.91 Å². The Morgan fingerprint density at radius 3 is 2.74 bits per heavy atom. The standard InChI is InChI=1S/C15H30N2O2/c1-14(2,8-10-19-5)11-17-13(18)12-15(3,4)7-6-9-16-12/h12,16H,6-11H2,1-5H3,(H,17,18). The van der Waals surface area contributed by atoms with Crippen molar-refractivity contribution in [2.45, 2.75) is 53.0 Å². The van der Waals surface area contributed by atoms with Crippen molar-refractivity contribution in [2.75, 3.05) is 26.8 Å². The third kappa shape index (κ3) is 5.11. The van der Waals surface area contributed by atoms with Crippen molar-refractivity contribution in [1.29, 1.82) is 0 Å². The molecular formula is C15H30N2O2. The van der Waals surface area contributed by atoms with Gasteiger partial charge in [-0.15, -0.1) is 0 Å². The second-order valence-electron chi connectivity index (χ2n) is 7.10. The van der Waals surface area contributed by atoms with E-state index in [1.165, 1.54) is 0 Å². The van der Waals surface area contributed by atoms with Gasteiger partial charge in [-0.05, 0) is 36.6 Å². The van der Waals surface area contributed by atoms with Crippen LogP contribution in [-0.2, 0) is 9.53 Å². The minimum Gasteiger partial charge on any atom is -0.385 e. The summed E-state index contributed by atoms with van der Waals surface area (Å²) >= 11 is 0. The van der Waals surface area contributed by atoms with Crippen molar-refractivity contribution in [3.63, 3.8) is 0 Å². The van der Waals surface area contributed by atoms with Gasteiger partial charge in [-0.2, -0.15) is 0 Å². The molecule has 4 heteroatoms. The van der Waals surface area contributed by atoms with Crippen LogP contribution in [0.4, 0.5) is 0 Å². The fourth-order valence-electron chi connectivity index (χ4n) is 2.55. The zero-order valence-electron chi connectivity index (χ0n) is 13.1. The van der Waals surface area contributed by atoms with Gasteiger partial charge in [0, 0.05) is 20.3 Å². The third-order valence-corrected chi connectivity index (χ3v) is 4.11. The van der Waals surface area contributed by atoms with Crippen LogP contribution in [0, 0.1) is 10.8 Å². The first kappa shape index (κ1) is 16.4. The van der Waals surface area contributed by atoms with Gasteiger partial charge in [0.05, 0.1) is 6.04 Å². The Hall–Kier alpha value is -0.610. The second kappa shape index (κ2) is 6.71. The van der Waals surface area contributed by atoms with Crippen LogP contribution in [0.25, 0.3) is 0 Å². The summed E-state index contributed by atoms with van der Waals surface area (Å²) in [4.78, 5) is 12.3. The Morgan fingerprint density at radius 1 is 1.47 bits per heavy atom. The number of carbonyl (C=O) groups excluding carboxylic acids is 1. The van der Waals surface area contributed by atoms with Gasteiger partial charge in [0.1, 0.15) is 0 Å². The molecule has 1 rings (SSSR count). The average molecular weight is 270 g/mol. The maximum absolute atomic E-state index is 12.3. The van der Waals surface area contributed by atoms with E-state index in [2.05, 4.69) is 38.3 Å². The van der Waals surface area contributed by atoms with Gasteiger partial charge in [-0.3, -0.25) is 4.79 Å². The second-order valence-corrected chi connectivity index (χ2v) is 7.10. The highest BCUT2D eigenvalue weighted by atomic mass is 16.5. The summed E-state index contributed by atoms with van der Waals surface area (Å²) in [5.74, 6) is 0.134. The number of piperidine rings is 1. The van der Waals surface area contributed by atoms with E-state index in [4.69, 9.17) is 4.74 Å². The van der Waals surface area contributed by atoms with Crippen molar-refractivity contribution in [1.82, 2.24) is 10.6 Å². The summed E-state index contributed by atoms with van der Waals surface area (Å²) in [6.07, 6.45) is 3.20. The predicted molar refractivity (Wildman–Crippen MR) is 78.1 cm³/mol. The van der Waals surface area contributed by atoms with Gasteiger partial charge in [0.25, 0.3) is 0 Å². The Labute approximate surface area is 117 Å². The Kier molecular flexibility index (Phi) is 5.81. The summed E-state index contributed by atoms with van der Waals surface area (Å²) in [7, 11) is 1.71. The van der Waals surface area contributed by atoms with Crippen molar-refractivity contribution < 1.29 is 9.53 Å². The molecule has 0 aromatic heterocycles. The molecule has 0 aromatic carbocycles. The van der Waals surface area contributed by atoms with Crippen molar-refractivity contribution in [3.05, 3.63) is 0 Å². The zero-order valence-corrected chi connectivity index (χ0v) is 13.1. The maximum Gasteiger partial charge on any atom is 0.237 e. The number of rotatable bonds is 6. The van der Waals surface area contributed by atoms with Crippen LogP contribution in [-0.4, -0.2) is 38.8 Å². The predicted octanol–water partition coefficient (Wildman–Crippen LogP) is 1.94. The number of methoxy groups -OCH3 is 1. The first-order valence-corrected chi connectivity index (χ1v) is 7.28. The lowest BCUT2D eigenvalue weighted by molar-refractivity contribution is -0.127. The van der Waals surface area contributed by atoms with E-state index in [-0.39, 0.29) is 22.8 Å². The third-order valence-electron chi connectivity index (χ3n) is 4.11. The summed E-state index contributed by atoms with van der Waals surface area (Å²) in [6.45, 7) is 11.0. The molecule has 112 valence electrons. The Bertz CT molecular complexity index is 301. The highest BCUT2D eigenvalue weighted by Gasteiger charge is 2.37. The first-order chi connectivity index (χ1) is 8.78. The molecular weight excluding hydrogens is 240 g/mol. The molecule has 0 aromatic rings. The lowest BCUT2D eigenvalue weighted by Crippen LogP contribution is -2.56. The molecule has 1 amide bonds. The zero-order chi connectivity index (χ0) is 14.5.